The number of halogens is 5. The smallest absolute Gasteiger partial charge is 0.417 e. The summed E-state index contributed by atoms with van der Waals surface area (Å²) in [6, 6.07) is 4.28. The van der Waals surface area contributed by atoms with Gasteiger partial charge >= 0.3 is 6.18 Å². The molecule has 13 heteroatoms. The lowest BCUT2D eigenvalue weighted by Gasteiger charge is -2.32. The predicted molar refractivity (Wildman–Crippen MR) is 117 cm³/mol. The summed E-state index contributed by atoms with van der Waals surface area (Å²) in [5.74, 6) is -7.02. The molecule has 1 aromatic heterocycles. The van der Waals surface area contributed by atoms with Crippen molar-refractivity contribution in [2.75, 3.05) is 18.2 Å². The normalized spacial score (nSPS) is 26.3. The Hall–Kier alpha value is -2.80. The Balaban J connectivity index is 2.10. The number of carbonyl (C=O) groups is 1. The highest BCUT2D eigenvalue weighted by Gasteiger charge is 2.65. The number of hydrogen-bond acceptors (Lipinski definition) is 6. The molecule has 0 bridgehead atoms. The van der Waals surface area contributed by atoms with Crippen LogP contribution in [0.2, 0.25) is 0 Å². The maximum Gasteiger partial charge on any atom is 0.417 e. The highest BCUT2D eigenvalue weighted by atomic mass is 32.2. The molecule has 0 radical (unpaired) electrons. The Morgan fingerprint density at radius 3 is 2.54 bits per heavy atom. The Bertz CT molecular complexity index is 1240. The molecule has 192 valence electrons. The van der Waals surface area contributed by atoms with E-state index in [9.17, 15) is 31.0 Å². The number of hydrogen-bond donors (Lipinski definition) is 2. The molecule has 2 unspecified atom stereocenters. The summed E-state index contributed by atoms with van der Waals surface area (Å²) < 4.78 is 101. The summed E-state index contributed by atoms with van der Waals surface area (Å²) in [7, 11) is -3.24. The van der Waals surface area contributed by atoms with Crippen LogP contribution in [0.5, 0.6) is 5.75 Å². The van der Waals surface area contributed by atoms with E-state index in [0.29, 0.717) is 0 Å². The Kier molecular flexibility index (Phi) is 7.15. The number of benzene rings is 1. The van der Waals surface area contributed by atoms with Gasteiger partial charge in [-0.2, -0.15) is 17.6 Å². The summed E-state index contributed by atoms with van der Waals surface area (Å²) in [5.41, 5.74) is -2.92. The van der Waals surface area contributed by atoms with E-state index in [1.54, 1.807) is 0 Å². The van der Waals surface area contributed by atoms with Crippen LogP contribution in [-0.2, 0) is 19.3 Å². The van der Waals surface area contributed by atoms with Crippen LogP contribution in [0.15, 0.2) is 35.5 Å². The second-order valence-electron chi connectivity index (χ2n) is 8.39. The molecule has 3 rings (SSSR count). The first-order valence-electron chi connectivity index (χ1n) is 10.5. The number of aromatic nitrogens is 1. The van der Waals surface area contributed by atoms with E-state index < -0.39 is 62.7 Å². The lowest BCUT2D eigenvalue weighted by molar-refractivity contribution is -0.272. The number of ether oxygens (including phenoxy) is 2. The summed E-state index contributed by atoms with van der Waals surface area (Å²) in [6.07, 6.45) is -4.38. The average molecular weight is 522 g/mol. The fourth-order valence-corrected chi connectivity index (χ4v) is 4.65. The molecule has 2 aromatic rings. The van der Waals surface area contributed by atoms with Gasteiger partial charge in [-0.15, -0.1) is 0 Å². The molecule has 1 saturated heterocycles. The van der Waals surface area contributed by atoms with Gasteiger partial charge in [-0.1, -0.05) is 13.0 Å². The second kappa shape index (κ2) is 9.34. The molecule has 1 amide bonds. The molecule has 1 fully saturated rings. The van der Waals surface area contributed by atoms with E-state index in [2.05, 4.69) is 10.3 Å². The highest BCUT2D eigenvalue weighted by molar-refractivity contribution is 7.91. The first-order valence-corrected chi connectivity index (χ1v) is 12.4. The van der Waals surface area contributed by atoms with Gasteiger partial charge < -0.3 is 14.8 Å². The summed E-state index contributed by atoms with van der Waals surface area (Å²) >= 11 is 0. The van der Waals surface area contributed by atoms with E-state index in [4.69, 9.17) is 14.3 Å². The van der Waals surface area contributed by atoms with E-state index >= 15 is 0 Å². The van der Waals surface area contributed by atoms with Crippen LogP contribution in [0.4, 0.5) is 27.6 Å². The number of alkyl halides is 3. The predicted octanol–water partition coefficient (Wildman–Crippen LogP) is 4.87. The highest BCUT2D eigenvalue weighted by Crippen LogP contribution is 2.55. The summed E-state index contributed by atoms with van der Waals surface area (Å²) in [5, 5.41) is 2.25. The average Bonchev–Trinajstić information content (AvgIpc) is 3.03. The first-order chi connectivity index (χ1) is 16.1. The van der Waals surface area contributed by atoms with Gasteiger partial charge in [0.25, 0.3) is 5.91 Å². The van der Waals surface area contributed by atoms with Crippen molar-refractivity contribution in [2.24, 2.45) is 5.92 Å². The van der Waals surface area contributed by atoms with Gasteiger partial charge in [0.05, 0.1) is 16.3 Å². The minimum absolute atomic E-state index is 0.0211. The Morgan fingerprint density at radius 2 is 1.97 bits per heavy atom. The maximum atomic E-state index is 14.6. The molecular weight excluding hydrogens is 497 g/mol. The minimum Gasteiger partial charge on any atom is -0.490 e. The third kappa shape index (κ3) is 4.96. The third-order valence-corrected chi connectivity index (χ3v) is 7.08. The Morgan fingerprint density at radius 1 is 1.31 bits per heavy atom. The van der Waals surface area contributed by atoms with Gasteiger partial charge in [0.15, 0.2) is 17.2 Å². The quantitative estimate of drug-likeness (QED) is 0.528. The zero-order valence-electron chi connectivity index (χ0n) is 19.2. The van der Waals surface area contributed by atoms with E-state index in [1.807, 2.05) is 0 Å². The van der Waals surface area contributed by atoms with Crippen LogP contribution in [0.1, 0.15) is 32.3 Å². The molecule has 1 aromatic carbocycles. The first kappa shape index (κ1) is 26.8. The number of amides is 1. The van der Waals surface area contributed by atoms with Crippen molar-refractivity contribution < 1.29 is 40.4 Å². The van der Waals surface area contributed by atoms with Crippen LogP contribution >= 0.6 is 0 Å². The number of pyridine rings is 1. The van der Waals surface area contributed by atoms with Crippen LogP contribution in [-0.4, -0.2) is 45.8 Å². The molecule has 2 heterocycles. The molecule has 7 nitrogen and oxygen atoms in total. The zero-order valence-corrected chi connectivity index (χ0v) is 20.0. The number of carbonyl (C=O) groups excluding carboxylic acids is 1. The van der Waals surface area contributed by atoms with Gasteiger partial charge in [0.2, 0.25) is 5.82 Å². The maximum absolute atomic E-state index is 14.6. The topological polar surface area (TPSA) is 101 Å². The fourth-order valence-electron chi connectivity index (χ4n) is 4.04. The van der Waals surface area contributed by atoms with Crippen molar-refractivity contribution in [1.82, 2.24) is 4.98 Å². The van der Waals surface area contributed by atoms with Crippen LogP contribution in [0, 0.1) is 22.3 Å². The monoisotopic (exact) mass is 521 g/mol. The Labute approximate surface area is 199 Å². The van der Waals surface area contributed by atoms with Crippen LogP contribution in [0.25, 0.3) is 0 Å². The van der Waals surface area contributed by atoms with E-state index in [1.165, 1.54) is 26.1 Å². The largest absolute Gasteiger partial charge is 0.490 e. The number of anilines is 1. The van der Waals surface area contributed by atoms with Crippen LogP contribution in [0.3, 0.4) is 0 Å². The second-order valence-corrected chi connectivity index (χ2v) is 10.5. The third-order valence-electron chi connectivity index (χ3n) is 6.06. The molecule has 0 aliphatic carbocycles. The van der Waals surface area contributed by atoms with E-state index in [-0.39, 0.29) is 22.9 Å². The van der Waals surface area contributed by atoms with E-state index in [0.717, 1.165) is 31.4 Å². The van der Waals surface area contributed by atoms with Gasteiger partial charge in [-0.25, -0.2) is 18.4 Å². The van der Waals surface area contributed by atoms with Crippen LogP contribution < -0.4 is 10.1 Å². The molecule has 35 heavy (non-hydrogen) atoms. The molecule has 2 N–H and O–H groups in total. The molecule has 0 spiro atoms. The molecule has 1 aliphatic heterocycles. The molecular formula is C22H24F5N3O4S. The lowest BCUT2D eigenvalue weighted by atomic mass is 9.77. The van der Waals surface area contributed by atoms with Gasteiger partial charge in [-0.3, -0.25) is 4.79 Å². The van der Waals surface area contributed by atoms with Crippen molar-refractivity contribution in [3.8, 4) is 5.75 Å². The van der Waals surface area contributed by atoms with Crippen molar-refractivity contribution in [2.45, 2.75) is 49.6 Å². The lowest BCUT2D eigenvalue weighted by Crippen LogP contribution is -2.47. The fraction of sp³-hybridized carbons (Fsp3) is 0.455. The van der Waals surface area contributed by atoms with Gasteiger partial charge in [0.1, 0.15) is 11.1 Å². The summed E-state index contributed by atoms with van der Waals surface area (Å²) in [6.45, 7) is 3.38. The van der Waals surface area contributed by atoms with Crippen molar-refractivity contribution in [1.29, 1.82) is 4.78 Å². The number of nitrogens with one attached hydrogen (secondary N) is 2. The van der Waals surface area contributed by atoms with Gasteiger partial charge in [0, 0.05) is 35.5 Å². The number of rotatable bonds is 6. The molecule has 1 aliphatic rings. The zero-order chi connectivity index (χ0) is 26.3. The van der Waals surface area contributed by atoms with Gasteiger partial charge in [-0.05, 0) is 32.0 Å². The molecule has 0 saturated carbocycles. The standard InChI is InChI=1S/C22H24F5N3O4S/c1-5-33-18-13(6-7-14(23)17(18)24)16-11(2)21(3,22(25,26)27)34-19(16)20(31)30-12-8-9-29-15(10-12)35(4,28)32/h6-11,16,19,28H,5H2,1-4H3,(H,29,30,31)/t11-,16?,19?,21+,35-/m0/s1. The SMILES string of the molecule is CCOc1c(C2C(C(=O)Nc3ccnc([S@@](C)(=N)=O)c3)O[C@@](C)(C(F)(F)F)[C@H]2C)ccc(F)c1F. The van der Waals surface area contributed by atoms with Crippen molar-refractivity contribution >= 4 is 21.3 Å². The van der Waals surface area contributed by atoms with Crippen molar-refractivity contribution in [3.63, 3.8) is 0 Å². The van der Waals surface area contributed by atoms with Crippen molar-refractivity contribution in [3.05, 3.63) is 47.7 Å². The molecule has 5 atom stereocenters. The minimum atomic E-state index is -4.90. The summed E-state index contributed by atoms with van der Waals surface area (Å²) in [4.78, 5) is 17.0. The number of nitrogens with zero attached hydrogens (tertiary/aromatic N) is 1.